The number of rotatable bonds is 8. The molecule has 4 N–H and O–H groups in total. The molecule has 1 aromatic carbocycles. The molecule has 0 atom stereocenters. The van der Waals surface area contributed by atoms with E-state index in [4.69, 9.17) is 4.74 Å². The van der Waals surface area contributed by atoms with Gasteiger partial charge in [-0.3, -0.25) is 5.32 Å². The summed E-state index contributed by atoms with van der Waals surface area (Å²) in [4.78, 5) is 27.8. The van der Waals surface area contributed by atoms with Gasteiger partial charge in [-0.25, -0.2) is 14.8 Å². The molecule has 29 heavy (non-hydrogen) atoms. The van der Waals surface area contributed by atoms with Crippen molar-refractivity contribution in [2.45, 2.75) is 26.4 Å². The van der Waals surface area contributed by atoms with E-state index in [0.29, 0.717) is 18.2 Å². The molecule has 0 aliphatic heterocycles. The quantitative estimate of drug-likeness (QED) is 0.431. The first kappa shape index (κ1) is 20.2. The molecule has 0 radical (unpaired) electrons. The van der Waals surface area contributed by atoms with Gasteiger partial charge in [0.25, 0.3) is 0 Å². The van der Waals surface area contributed by atoms with Gasteiger partial charge in [0.2, 0.25) is 5.95 Å². The molecule has 10 heteroatoms. The maximum absolute atomic E-state index is 11.8. The van der Waals surface area contributed by atoms with Crippen LogP contribution in [0.1, 0.15) is 19.5 Å². The number of benzene rings is 1. The maximum Gasteiger partial charge on any atom is 0.411 e. The van der Waals surface area contributed by atoms with E-state index in [-0.39, 0.29) is 6.10 Å². The zero-order valence-corrected chi connectivity index (χ0v) is 16.7. The highest BCUT2D eigenvalue weighted by molar-refractivity contribution is 6.35. The van der Waals surface area contributed by atoms with Crippen molar-refractivity contribution < 1.29 is 9.53 Å². The van der Waals surface area contributed by atoms with Gasteiger partial charge in [0.15, 0.2) is 0 Å². The number of carbonyl (C=O) groups is 1. The molecule has 3 rings (SSSR count). The first-order valence-electron chi connectivity index (χ1n) is 9.39. The molecule has 0 aliphatic carbocycles. The number of H-pyrrole nitrogens is 1. The van der Waals surface area contributed by atoms with Gasteiger partial charge in [0, 0.05) is 36.7 Å². The maximum atomic E-state index is 11.8. The van der Waals surface area contributed by atoms with E-state index in [9.17, 15) is 4.79 Å². The molecule has 2 heterocycles. The third kappa shape index (κ3) is 6.23. The summed E-state index contributed by atoms with van der Waals surface area (Å²) in [5, 5.41) is 9.17. The molecule has 0 fully saturated rings. The highest BCUT2D eigenvalue weighted by Gasteiger charge is 2.08. The number of carbonyl (C=O) groups excluding carboxylic acids is 1. The van der Waals surface area contributed by atoms with Crippen LogP contribution in [0.4, 0.5) is 27.9 Å². The van der Waals surface area contributed by atoms with Crippen molar-refractivity contribution in [2.75, 3.05) is 22.5 Å². The summed E-state index contributed by atoms with van der Waals surface area (Å²) in [6.07, 6.45) is 5.41. The number of amides is 1. The van der Waals surface area contributed by atoms with Crippen LogP contribution in [0, 0.1) is 0 Å². The molecule has 0 saturated heterocycles. The number of aromatic amines is 1. The number of hydrogen-bond donors (Lipinski definition) is 4. The van der Waals surface area contributed by atoms with Crippen LogP contribution in [0.3, 0.4) is 0 Å². The number of hydrogen-bond acceptors (Lipinski definition) is 7. The molecule has 0 spiro atoms. The third-order valence-corrected chi connectivity index (χ3v) is 3.91. The second kappa shape index (κ2) is 9.58. The summed E-state index contributed by atoms with van der Waals surface area (Å²) >= 11 is 0. The minimum atomic E-state index is -0.493. The Kier molecular flexibility index (Phi) is 6.67. The average Bonchev–Trinajstić information content (AvgIpc) is 3.17. The topological polar surface area (TPSA) is 117 Å². The van der Waals surface area contributed by atoms with Crippen LogP contribution >= 0.6 is 0 Å². The average molecular weight is 393 g/mol. The van der Waals surface area contributed by atoms with Crippen molar-refractivity contribution in [1.82, 2.24) is 19.9 Å². The minimum Gasteiger partial charge on any atom is -0.447 e. The Hall–Kier alpha value is -3.56. The fraction of sp³-hybridized carbons (Fsp3) is 0.263. The molecular formula is C19H24BN7O2. The summed E-state index contributed by atoms with van der Waals surface area (Å²) in [5.74, 6) is 1.22. The highest BCUT2D eigenvalue weighted by Crippen LogP contribution is 2.18. The minimum absolute atomic E-state index is 0.184. The Bertz CT molecular complexity index is 947. The van der Waals surface area contributed by atoms with Crippen LogP contribution in [-0.2, 0) is 11.2 Å². The third-order valence-electron chi connectivity index (χ3n) is 3.91. The van der Waals surface area contributed by atoms with Crippen LogP contribution in [-0.4, -0.2) is 46.5 Å². The van der Waals surface area contributed by atoms with E-state index in [1.54, 1.807) is 38.5 Å². The number of nitrogens with one attached hydrogen (secondary N) is 4. The largest absolute Gasteiger partial charge is 0.447 e. The monoisotopic (exact) mass is 393 g/mol. The number of anilines is 4. The van der Waals surface area contributed by atoms with Crippen LogP contribution in [0.2, 0.25) is 0 Å². The lowest BCUT2D eigenvalue weighted by atomic mass is 9.99. The predicted octanol–water partition coefficient (Wildman–Crippen LogP) is 1.81. The van der Waals surface area contributed by atoms with Crippen molar-refractivity contribution in [1.29, 1.82) is 0 Å². The lowest BCUT2D eigenvalue weighted by Crippen LogP contribution is -2.18. The van der Waals surface area contributed by atoms with E-state index >= 15 is 0 Å². The SMILES string of the molecule is Bc1cnc(Nc2cccc(NC(=O)OC(C)C)c2)nc1NCCc1c[nH]cn1. The molecule has 0 saturated carbocycles. The summed E-state index contributed by atoms with van der Waals surface area (Å²) in [7, 11) is 1.95. The Morgan fingerprint density at radius 1 is 1.28 bits per heavy atom. The van der Waals surface area contributed by atoms with Crippen molar-refractivity contribution in [3.05, 3.63) is 48.7 Å². The molecule has 0 aliphatic rings. The zero-order valence-electron chi connectivity index (χ0n) is 16.7. The van der Waals surface area contributed by atoms with Crippen molar-refractivity contribution in [2.24, 2.45) is 0 Å². The molecule has 3 aromatic rings. The van der Waals surface area contributed by atoms with Gasteiger partial charge in [-0.2, -0.15) is 4.98 Å². The molecule has 9 nitrogen and oxygen atoms in total. The summed E-state index contributed by atoms with van der Waals surface area (Å²) in [6, 6.07) is 7.26. The summed E-state index contributed by atoms with van der Waals surface area (Å²) < 4.78 is 5.10. The summed E-state index contributed by atoms with van der Waals surface area (Å²) in [5.41, 5.74) is 3.30. The fourth-order valence-corrected chi connectivity index (χ4v) is 2.58. The highest BCUT2D eigenvalue weighted by atomic mass is 16.6. The second-order valence-corrected chi connectivity index (χ2v) is 6.75. The number of imidazole rings is 1. The van der Waals surface area contributed by atoms with Gasteiger partial charge in [-0.05, 0) is 37.5 Å². The van der Waals surface area contributed by atoms with Crippen LogP contribution in [0.5, 0.6) is 0 Å². The standard InChI is InChI=1S/C19H24BN7O2/c1-12(2)29-19(28)26-14-5-3-4-13(8-14)25-18-23-10-16(20)17(27-18)22-7-6-15-9-21-11-24-15/h3-5,8-12H,6-7,20H2,1-2H3,(H,21,24)(H,26,28)(H2,22,23,25,27). The Morgan fingerprint density at radius 3 is 2.86 bits per heavy atom. The molecule has 1 amide bonds. The van der Waals surface area contributed by atoms with Crippen LogP contribution in [0.25, 0.3) is 0 Å². The van der Waals surface area contributed by atoms with E-state index in [1.807, 2.05) is 26.2 Å². The van der Waals surface area contributed by atoms with Crippen molar-refractivity contribution in [3.8, 4) is 0 Å². The van der Waals surface area contributed by atoms with E-state index in [1.165, 1.54) is 0 Å². The molecular weight excluding hydrogens is 369 g/mol. The number of aromatic nitrogens is 4. The van der Waals surface area contributed by atoms with Gasteiger partial charge in [0.1, 0.15) is 13.7 Å². The van der Waals surface area contributed by atoms with E-state index < -0.39 is 6.09 Å². The van der Waals surface area contributed by atoms with Gasteiger partial charge >= 0.3 is 6.09 Å². The Morgan fingerprint density at radius 2 is 2.10 bits per heavy atom. The molecule has 0 bridgehead atoms. The Labute approximate surface area is 170 Å². The zero-order chi connectivity index (χ0) is 20.6. The lowest BCUT2D eigenvalue weighted by Gasteiger charge is -2.12. The van der Waals surface area contributed by atoms with Crippen molar-refractivity contribution >= 4 is 42.5 Å². The van der Waals surface area contributed by atoms with Crippen molar-refractivity contribution in [3.63, 3.8) is 0 Å². The van der Waals surface area contributed by atoms with Gasteiger partial charge in [0.05, 0.1) is 18.1 Å². The van der Waals surface area contributed by atoms with Gasteiger partial charge in [-0.1, -0.05) is 6.07 Å². The van der Waals surface area contributed by atoms with Crippen LogP contribution < -0.4 is 21.4 Å². The number of nitrogens with zero attached hydrogens (tertiary/aromatic N) is 3. The fourth-order valence-electron chi connectivity index (χ4n) is 2.58. The van der Waals surface area contributed by atoms with Gasteiger partial charge in [-0.15, -0.1) is 0 Å². The number of ether oxygens (including phenoxy) is 1. The first-order chi connectivity index (χ1) is 14.0. The van der Waals surface area contributed by atoms with E-state index in [0.717, 1.165) is 29.1 Å². The smallest absolute Gasteiger partial charge is 0.411 e. The lowest BCUT2D eigenvalue weighted by molar-refractivity contribution is 0.130. The molecule has 150 valence electrons. The summed E-state index contributed by atoms with van der Waals surface area (Å²) in [6.45, 7) is 4.30. The second-order valence-electron chi connectivity index (χ2n) is 6.75. The normalized spacial score (nSPS) is 10.6. The van der Waals surface area contributed by atoms with Gasteiger partial charge < -0.3 is 20.4 Å². The van der Waals surface area contributed by atoms with E-state index in [2.05, 4.69) is 35.9 Å². The van der Waals surface area contributed by atoms with Crippen LogP contribution in [0.15, 0.2) is 43.0 Å². The first-order valence-corrected chi connectivity index (χ1v) is 9.39. The molecule has 0 unspecified atom stereocenters. The molecule has 2 aromatic heterocycles. The Balaban J connectivity index is 1.62. The predicted molar refractivity (Wildman–Crippen MR) is 116 cm³/mol.